The largest absolute Gasteiger partial charge is 0.611 e. The summed E-state index contributed by atoms with van der Waals surface area (Å²) in [6.45, 7) is 0.834. The number of carbonyl (C=O) groups excluding carboxylic acids is 1. The molecule has 0 radical (unpaired) electrons. The number of ether oxygens (including phenoxy) is 2. The van der Waals surface area contributed by atoms with Crippen molar-refractivity contribution in [2.24, 2.45) is 0 Å². The predicted octanol–water partition coefficient (Wildman–Crippen LogP) is 5.76. The van der Waals surface area contributed by atoms with Crippen molar-refractivity contribution in [3.63, 3.8) is 0 Å². The van der Waals surface area contributed by atoms with Gasteiger partial charge in [-0.2, -0.15) is 0 Å². The van der Waals surface area contributed by atoms with Gasteiger partial charge in [0.25, 0.3) is 0 Å². The quantitative estimate of drug-likeness (QED) is 0.429. The molecular formula is C24H29NO4S. The summed E-state index contributed by atoms with van der Waals surface area (Å²) >= 11 is -0.962. The van der Waals surface area contributed by atoms with E-state index in [9.17, 15) is 9.35 Å². The molecule has 1 unspecified atom stereocenters. The monoisotopic (exact) mass is 427 g/mol. The van der Waals surface area contributed by atoms with Crippen molar-refractivity contribution < 1.29 is 18.8 Å². The molecule has 1 amide bonds. The van der Waals surface area contributed by atoms with E-state index >= 15 is 0 Å². The summed E-state index contributed by atoms with van der Waals surface area (Å²) in [7, 11) is 0. The van der Waals surface area contributed by atoms with Crippen LogP contribution in [0.2, 0.25) is 0 Å². The van der Waals surface area contributed by atoms with Crippen LogP contribution >= 0.6 is 0 Å². The summed E-state index contributed by atoms with van der Waals surface area (Å²) in [5.41, 5.74) is 3.08. The average molecular weight is 428 g/mol. The lowest BCUT2D eigenvalue weighted by molar-refractivity contribution is 0.151. The maximum absolute atomic E-state index is 12.6. The maximum Gasteiger partial charge on any atom is 0.411 e. The summed E-state index contributed by atoms with van der Waals surface area (Å²) in [6.07, 6.45) is 7.86. The van der Waals surface area contributed by atoms with E-state index in [4.69, 9.17) is 9.47 Å². The van der Waals surface area contributed by atoms with Crippen molar-refractivity contribution >= 4 is 23.0 Å². The van der Waals surface area contributed by atoms with Crippen molar-refractivity contribution in [1.82, 2.24) is 0 Å². The fourth-order valence-corrected chi connectivity index (χ4v) is 5.30. The lowest BCUT2D eigenvalue weighted by Gasteiger charge is -2.22. The highest BCUT2D eigenvalue weighted by Gasteiger charge is 2.18. The highest BCUT2D eigenvalue weighted by molar-refractivity contribution is 7.91. The number of cyclic esters (lactones) is 1. The van der Waals surface area contributed by atoms with Gasteiger partial charge in [-0.1, -0.05) is 31.4 Å². The van der Waals surface area contributed by atoms with Crippen LogP contribution in [0, 0.1) is 0 Å². The van der Waals surface area contributed by atoms with E-state index in [-0.39, 0.29) is 6.61 Å². The molecule has 2 aliphatic rings. The Kier molecular flexibility index (Phi) is 7.18. The Morgan fingerprint density at radius 3 is 2.67 bits per heavy atom. The third kappa shape index (κ3) is 5.49. The van der Waals surface area contributed by atoms with Crippen molar-refractivity contribution in [2.75, 3.05) is 17.7 Å². The maximum atomic E-state index is 12.6. The Balaban J connectivity index is 1.18. The summed E-state index contributed by atoms with van der Waals surface area (Å²) in [4.78, 5) is 12.1. The van der Waals surface area contributed by atoms with Gasteiger partial charge in [-0.05, 0) is 78.7 Å². The third-order valence-electron chi connectivity index (χ3n) is 5.88. The first kappa shape index (κ1) is 21.1. The molecule has 0 spiro atoms. The molecule has 0 saturated heterocycles. The van der Waals surface area contributed by atoms with Crippen LogP contribution in [0.25, 0.3) is 0 Å². The molecule has 0 aromatic heterocycles. The molecule has 1 N–H and O–H groups in total. The second kappa shape index (κ2) is 10.2. The number of anilines is 1. The molecule has 1 atom stereocenters. The molecule has 160 valence electrons. The van der Waals surface area contributed by atoms with E-state index in [2.05, 4.69) is 17.4 Å². The lowest BCUT2D eigenvalue weighted by atomic mass is 9.84. The molecule has 0 bridgehead atoms. The van der Waals surface area contributed by atoms with Crippen LogP contribution in [0.15, 0.2) is 47.4 Å². The first-order chi connectivity index (χ1) is 14.7. The summed E-state index contributed by atoms with van der Waals surface area (Å²) in [5, 5.41) is 2.66. The van der Waals surface area contributed by atoms with Gasteiger partial charge in [-0.25, -0.2) is 4.79 Å². The minimum Gasteiger partial charge on any atom is -0.611 e. The molecule has 1 heterocycles. The molecule has 6 heteroatoms. The second-order valence-electron chi connectivity index (χ2n) is 8.03. The van der Waals surface area contributed by atoms with Crippen molar-refractivity contribution in [2.45, 2.75) is 62.4 Å². The molecule has 30 heavy (non-hydrogen) atoms. The summed E-state index contributed by atoms with van der Waals surface area (Å²) in [5.74, 6) is 2.09. The second-order valence-corrected chi connectivity index (χ2v) is 9.60. The summed E-state index contributed by atoms with van der Waals surface area (Å²) in [6, 6.07) is 14.0. The zero-order valence-electron chi connectivity index (χ0n) is 17.2. The molecule has 1 fully saturated rings. The Hall–Kier alpha value is -2.18. The Labute approximate surface area is 181 Å². The molecule has 1 aliphatic heterocycles. The van der Waals surface area contributed by atoms with Gasteiger partial charge in [0.05, 0.1) is 12.3 Å². The smallest absolute Gasteiger partial charge is 0.411 e. The van der Waals surface area contributed by atoms with Crippen LogP contribution in [-0.4, -0.2) is 23.0 Å². The molecule has 2 aromatic carbocycles. The van der Waals surface area contributed by atoms with Crippen molar-refractivity contribution in [3.05, 3.63) is 53.6 Å². The number of amides is 1. The molecule has 4 rings (SSSR count). The molecule has 2 aromatic rings. The van der Waals surface area contributed by atoms with Crippen LogP contribution in [0.5, 0.6) is 5.75 Å². The lowest BCUT2D eigenvalue weighted by Crippen LogP contribution is -2.20. The minimum atomic E-state index is -0.962. The number of fused-ring (bicyclic) bond motifs is 1. The number of benzene rings is 2. The first-order valence-corrected chi connectivity index (χ1v) is 12.2. The van der Waals surface area contributed by atoms with Gasteiger partial charge >= 0.3 is 6.09 Å². The van der Waals surface area contributed by atoms with Gasteiger partial charge in [-0.3, -0.25) is 5.32 Å². The van der Waals surface area contributed by atoms with Crippen LogP contribution in [-0.2, 0) is 22.5 Å². The van der Waals surface area contributed by atoms with Crippen molar-refractivity contribution in [1.29, 1.82) is 0 Å². The number of carbonyl (C=O) groups is 1. The van der Waals surface area contributed by atoms with Crippen LogP contribution < -0.4 is 10.1 Å². The highest BCUT2D eigenvalue weighted by Crippen LogP contribution is 2.33. The fraction of sp³-hybridized carbons (Fsp3) is 0.458. The number of hydrogen-bond acceptors (Lipinski definition) is 4. The minimum absolute atomic E-state index is 0.261. The number of unbranched alkanes of at least 4 members (excludes halogenated alkanes) is 1. The fourth-order valence-electron chi connectivity index (χ4n) is 4.16. The van der Waals surface area contributed by atoms with E-state index in [1.165, 1.54) is 37.7 Å². The third-order valence-corrected chi connectivity index (χ3v) is 7.34. The number of nitrogens with one attached hydrogen (secondary N) is 1. The topological polar surface area (TPSA) is 70.6 Å². The number of hydrogen-bond donors (Lipinski definition) is 1. The van der Waals surface area contributed by atoms with E-state index < -0.39 is 17.3 Å². The van der Waals surface area contributed by atoms with Gasteiger partial charge in [0, 0.05) is 5.56 Å². The van der Waals surface area contributed by atoms with Crippen LogP contribution in [0.3, 0.4) is 0 Å². The highest BCUT2D eigenvalue weighted by atomic mass is 32.2. The van der Waals surface area contributed by atoms with E-state index in [1.807, 2.05) is 30.3 Å². The van der Waals surface area contributed by atoms with Gasteiger partial charge in [0.15, 0.2) is 4.90 Å². The summed E-state index contributed by atoms with van der Waals surface area (Å²) < 4.78 is 23.3. The Morgan fingerprint density at radius 1 is 1.07 bits per heavy atom. The van der Waals surface area contributed by atoms with Gasteiger partial charge in [-0.15, -0.1) is 0 Å². The number of rotatable bonds is 8. The normalized spacial score (nSPS) is 17.6. The van der Waals surface area contributed by atoms with Crippen LogP contribution in [0.1, 0.15) is 62.0 Å². The van der Waals surface area contributed by atoms with Crippen LogP contribution in [0.4, 0.5) is 10.5 Å². The zero-order chi connectivity index (χ0) is 20.8. The van der Waals surface area contributed by atoms with E-state index in [0.29, 0.717) is 18.3 Å². The Morgan fingerprint density at radius 2 is 1.87 bits per heavy atom. The molecule has 1 saturated carbocycles. The standard InChI is InChI=1S/C24H29NO4S/c26-24-25-23-13-10-21(16-20(23)17-29-24)28-14-4-5-15-30(27)22-11-8-19(9-12-22)18-6-2-1-3-7-18/h8-13,16,18H,1-7,14-15,17H2,(H,25,26). The molecule has 5 nitrogen and oxygen atoms in total. The Bertz CT molecular complexity index is 849. The average Bonchev–Trinajstić information content (AvgIpc) is 2.79. The van der Waals surface area contributed by atoms with E-state index in [0.717, 1.165) is 34.7 Å². The molecular weight excluding hydrogens is 398 g/mol. The van der Waals surface area contributed by atoms with Crippen molar-refractivity contribution in [3.8, 4) is 5.75 Å². The SMILES string of the molecule is O=C1Nc2ccc(OCCCC[S+]([O-])c3ccc(C4CCCCC4)cc3)cc2CO1. The predicted molar refractivity (Wildman–Crippen MR) is 119 cm³/mol. The first-order valence-electron chi connectivity index (χ1n) is 10.9. The molecule has 1 aliphatic carbocycles. The van der Waals surface area contributed by atoms with Gasteiger partial charge < -0.3 is 14.0 Å². The van der Waals surface area contributed by atoms with E-state index in [1.54, 1.807) is 0 Å². The van der Waals surface area contributed by atoms with Gasteiger partial charge in [0.1, 0.15) is 18.1 Å². The zero-order valence-corrected chi connectivity index (χ0v) is 18.0. The van der Waals surface area contributed by atoms with Gasteiger partial charge in [0.2, 0.25) is 0 Å².